The highest BCUT2D eigenvalue weighted by atomic mass is 16.5. The Hall–Kier alpha value is -1.88. The number of hydrogen-bond donors (Lipinski definition) is 0. The van der Waals surface area contributed by atoms with Gasteiger partial charge < -0.3 is 14.5 Å². The van der Waals surface area contributed by atoms with Gasteiger partial charge in [-0.1, -0.05) is 19.1 Å². The van der Waals surface area contributed by atoms with Crippen molar-refractivity contribution in [1.29, 1.82) is 0 Å². The van der Waals surface area contributed by atoms with Gasteiger partial charge in [0.2, 0.25) is 5.95 Å². The van der Waals surface area contributed by atoms with Gasteiger partial charge in [0.15, 0.2) is 0 Å². The van der Waals surface area contributed by atoms with Crippen molar-refractivity contribution >= 4 is 22.7 Å². The lowest BCUT2D eigenvalue weighted by Crippen LogP contribution is -2.38. The second kappa shape index (κ2) is 6.32. The number of nitrogens with zero attached hydrogens (tertiary/aromatic N) is 4. The van der Waals surface area contributed by atoms with Crippen LogP contribution in [0.5, 0.6) is 0 Å². The molecule has 0 saturated carbocycles. The molecule has 2 fully saturated rings. The fourth-order valence-electron chi connectivity index (χ4n) is 3.58. The third kappa shape index (κ3) is 2.98. The van der Waals surface area contributed by atoms with Crippen LogP contribution in [-0.2, 0) is 4.74 Å². The molecule has 0 aliphatic carbocycles. The highest BCUT2D eigenvalue weighted by molar-refractivity contribution is 5.90. The van der Waals surface area contributed by atoms with Gasteiger partial charge >= 0.3 is 0 Å². The highest BCUT2D eigenvalue weighted by Gasteiger charge is 2.22. The summed E-state index contributed by atoms with van der Waals surface area (Å²) in [4.78, 5) is 14.5. The molecule has 122 valence electrons. The molecule has 2 aliphatic heterocycles. The van der Waals surface area contributed by atoms with E-state index in [1.54, 1.807) is 0 Å². The first-order valence-corrected chi connectivity index (χ1v) is 8.66. The summed E-state index contributed by atoms with van der Waals surface area (Å²) in [5.41, 5.74) is 1.04. The fourth-order valence-corrected chi connectivity index (χ4v) is 3.58. The number of morpholine rings is 1. The predicted molar refractivity (Wildman–Crippen MR) is 93.2 cm³/mol. The summed E-state index contributed by atoms with van der Waals surface area (Å²) in [7, 11) is 0. The number of anilines is 2. The summed E-state index contributed by atoms with van der Waals surface area (Å²) < 4.78 is 5.46. The van der Waals surface area contributed by atoms with Crippen LogP contribution in [0.25, 0.3) is 10.9 Å². The molecule has 0 spiro atoms. The van der Waals surface area contributed by atoms with E-state index in [0.717, 1.165) is 62.6 Å². The van der Waals surface area contributed by atoms with Gasteiger partial charge in [-0.25, -0.2) is 4.98 Å². The lowest BCUT2D eigenvalue weighted by molar-refractivity contribution is 0.122. The summed E-state index contributed by atoms with van der Waals surface area (Å²) >= 11 is 0. The van der Waals surface area contributed by atoms with Crippen LogP contribution < -0.4 is 9.80 Å². The molecular weight excluding hydrogens is 288 g/mol. The predicted octanol–water partition coefficient (Wildman–Crippen LogP) is 2.70. The molecule has 0 radical (unpaired) electrons. The van der Waals surface area contributed by atoms with Crippen LogP contribution in [0.4, 0.5) is 11.8 Å². The van der Waals surface area contributed by atoms with Gasteiger partial charge in [-0.2, -0.15) is 4.98 Å². The number of rotatable bonds is 2. The van der Waals surface area contributed by atoms with Crippen LogP contribution in [0.1, 0.15) is 19.8 Å². The molecule has 1 aromatic heterocycles. The zero-order valence-corrected chi connectivity index (χ0v) is 13.7. The number of piperidine rings is 1. The molecule has 2 aliphatic rings. The fraction of sp³-hybridized carbons (Fsp3) is 0.556. The van der Waals surface area contributed by atoms with E-state index in [1.165, 1.54) is 18.2 Å². The largest absolute Gasteiger partial charge is 0.378 e. The summed E-state index contributed by atoms with van der Waals surface area (Å²) in [5, 5.41) is 1.17. The number of hydrogen-bond acceptors (Lipinski definition) is 5. The average Bonchev–Trinajstić information content (AvgIpc) is 2.61. The quantitative estimate of drug-likeness (QED) is 0.853. The molecule has 3 heterocycles. The zero-order chi connectivity index (χ0) is 15.6. The highest BCUT2D eigenvalue weighted by Crippen LogP contribution is 2.30. The molecule has 0 amide bonds. The van der Waals surface area contributed by atoms with Gasteiger partial charge in [-0.3, -0.25) is 0 Å². The van der Waals surface area contributed by atoms with Crippen molar-refractivity contribution < 1.29 is 4.74 Å². The van der Waals surface area contributed by atoms with Gasteiger partial charge in [0.1, 0.15) is 5.82 Å². The van der Waals surface area contributed by atoms with Crippen LogP contribution >= 0.6 is 0 Å². The average molecular weight is 312 g/mol. The van der Waals surface area contributed by atoms with Gasteiger partial charge in [0.25, 0.3) is 0 Å². The van der Waals surface area contributed by atoms with E-state index < -0.39 is 0 Å². The zero-order valence-electron chi connectivity index (χ0n) is 13.7. The Morgan fingerprint density at radius 3 is 2.70 bits per heavy atom. The first kappa shape index (κ1) is 14.7. The SMILES string of the molecule is CC1CCCN(c2nc(N3CCOCC3)nc3ccccc23)C1. The van der Waals surface area contributed by atoms with E-state index in [1.807, 2.05) is 0 Å². The molecule has 2 saturated heterocycles. The Bertz CT molecular complexity index is 684. The maximum Gasteiger partial charge on any atom is 0.228 e. The Balaban J connectivity index is 1.77. The Kier molecular flexibility index (Phi) is 4.04. The van der Waals surface area contributed by atoms with E-state index in [4.69, 9.17) is 14.7 Å². The minimum absolute atomic E-state index is 0.726. The van der Waals surface area contributed by atoms with E-state index in [0.29, 0.717) is 0 Å². The van der Waals surface area contributed by atoms with Crippen molar-refractivity contribution in [3.8, 4) is 0 Å². The minimum atomic E-state index is 0.726. The molecular formula is C18H24N4O. The molecule has 1 aromatic carbocycles. The Morgan fingerprint density at radius 2 is 1.87 bits per heavy atom. The van der Waals surface area contributed by atoms with Gasteiger partial charge in [0, 0.05) is 31.6 Å². The standard InChI is InChI=1S/C18H24N4O/c1-14-5-4-8-22(13-14)17-15-6-2-3-7-16(15)19-18(20-17)21-9-11-23-12-10-21/h2-3,6-7,14H,4-5,8-13H2,1H3. The number of fused-ring (bicyclic) bond motifs is 1. The lowest BCUT2D eigenvalue weighted by atomic mass is 10.00. The van der Waals surface area contributed by atoms with Crippen molar-refractivity contribution in [3.63, 3.8) is 0 Å². The summed E-state index contributed by atoms with van der Waals surface area (Å²) in [6, 6.07) is 8.38. The van der Waals surface area contributed by atoms with Crippen LogP contribution in [0, 0.1) is 5.92 Å². The number of aromatic nitrogens is 2. The van der Waals surface area contributed by atoms with Gasteiger partial charge in [-0.05, 0) is 30.9 Å². The van der Waals surface area contributed by atoms with Crippen LogP contribution in [0.3, 0.4) is 0 Å². The van der Waals surface area contributed by atoms with E-state index in [9.17, 15) is 0 Å². The van der Waals surface area contributed by atoms with Crippen molar-refractivity contribution in [2.75, 3.05) is 49.2 Å². The normalized spacial score (nSPS) is 22.6. The Labute approximate surface area is 137 Å². The van der Waals surface area contributed by atoms with E-state index in [2.05, 4.69) is 41.0 Å². The third-order valence-corrected chi connectivity index (χ3v) is 4.82. The molecule has 0 bridgehead atoms. The van der Waals surface area contributed by atoms with Crippen molar-refractivity contribution in [2.45, 2.75) is 19.8 Å². The monoisotopic (exact) mass is 312 g/mol. The topological polar surface area (TPSA) is 41.5 Å². The first-order valence-electron chi connectivity index (χ1n) is 8.66. The maximum atomic E-state index is 5.46. The van der Waals surface area contributed by atoms with Gasteiger partial charge in [0.05, 0.1) is 18.7 Å². The minimum Gasteiger partial charge on any atom is -0.378 e. The molecule has 23 heavy (non-hydrogen) atoms. The van der Waals surface area contributed by atoms with Crippen LogP contribution in [-0.4, -0.2) is 49.4 Å². The Morgan fingerprint density at radius 1 is 1.04 bits per heavy atom. The first-order chi connectivity index (χ1) is 11.3. The van der Waals surface area contributed by atoms with Gasteiger partial charge in [-0.15, -0.1) is 0 Å². The number of para-hydroxylation sites is 1. The van der Waals surface area contributed by atoms with Crippen LogP contribution in [0.2, 0.25) is 0 Å². The molecule has 1 unspecified atom stereocenters. The third-order valence-electron chi connectivity index (χ3n) is 4.82. The lowest BCUT2D eigenvalue weighted by Gasteiger charge is -2.34. The number of ether oxygens (including phenoxy) is 1. The van der Waals surface area contributed by atoms with Crippen molar-refractivity contribution in [1.82, 2.24) is 9.97 Å². The molecule has 5 nitrogen and oxygen atoms in total. The maximum absolute atomic E-state index is 5.46. The molecule has 4 rings (SSSR count). The molecule has 1 atom stereocenters. The summed E-state index contributed by atoms with van der Waals surface area (Å²) in [6.45, 7) is 7.76. The molecule has 5 heteroatoms. The van der Waals surface area contributed by atoms with Crippen molar-refractivity contribution in [2.24, 2.45) is 5.92 Å². The second-order valence-corrected chi connectivity index (χ2v) is 6.66. The van der Waals surface area contributed by atoms with E-state index >= 15 is 0 Å². The number of benzene rings is 1. The van der Waals surface area contributed by atoms with Crippen LogP contribution in [0.15, 0.2) is 24.3 Å². The van der Waals surface area contributed by atoms with Crippen molar-refractivity contribution in [3.05, 3.63) is 24.3 Å². The molecule has 2 aromatic rings. The molecule has 0 N–H and O–H groups in total. The van der Waals surface area contributed by atoms with E-state index in [-0.39, 0.29) is 0 Å². The summed E-state index contributed by atoms with van der Waals surface area (Å²) in [5.74, 6) is 2.67. The second-order valence-electron chi connectivity index (χ2n) is 6.66. The summed E-state index contributed by atoms with van der Waals surface area (Å²) in [6.07, 6.45) is 2.56. The smallest absolute Gasteiger partial charge is 0.228 e.